The van der Waals surface area contributed by atoms with Crippen molar-refractivity contribution in [3.05, 3.63) is 0 Å². The number of alkyl halides is 1. The van der Waals surface area contributed by atoms with Gasteiger partial charge in [0.2, 0.25) is 0 Å². The highest BCUT2D eigenvalue weighted by atomic mass is 79.9. The molecule has 1 aliphatic carbocycles. The molecule has 0 nitrogen and oxygen atoms in total. The maximum absolute atomic E-state index is 3.83. The Balaban J connectivity index is 2.40. The Hall–Kier alpha value is 0.480. The van der Waals surface area contributed by atoms with Crippen molar-refractivity contribution in [1.29, 1.82) is 0 Å². The predicted molar refractivity (Wildman–Crippen MR) is 58.7 cm³/mol. The molecule has 0 aromatic heterocycles. The first-order chi connectivity index (χ1) is 5.61. The van der Waals surface area contributed by atoms with Gasteiger partial charge in [0.15, 0.2) is 0 Å². The molecule has 0 amide bonds. The van der Waals surface area contributed by atoms with E-state index in [-0.39, 0.29) is 0 Å². The van der Waals surface area contributed by atoms with E-state index in [9.17, 15) is 0 Å². The zero-order valence-corrected chi connectivity index (χ0v) is 10.1. The van der Waals surface area contributed by atoms with Gasteiger partial charge in [-0.05, 0) is 30.6 Å². The monoisotopic (exact) mass is 232 g/mol. The molecule has 0 aliphatic heterocycles. The van der Waals surface area contributed by atoms with Crippen LogP contribution in [-0.2, 0) is 0 Å². The first kappa shape index (κ1) is 10.6. The number of rotatable bonds is 2. The van der Waals surface area contributed by atoms with Crippen LogP contribution in [0.4, 0.5) is 0 Å². The molecular weight excluding hydrogens is 212 g/mol. The quantitative estimate of drug-likeness (QED) is 0.626. The van der Waals surface area contributed by atoms with Crippen molar-refractivity contribution in [2.45, 2.75) is 51.3 Å². The highest BCUT2D eigenvalue weighted by Gasteiger charge is 2.26. The molecule has 3 atom stereocenters. The van der Waals surface area contributed by atoms with E-state index in [0.717, 1.165) is 22.6 Å². The molecule has 0 aromatic rings. The summed E-state index contributed by atoms with van der Waals surface area (Å²) in [5.41, 5.74) is 0. The van der Waals surface area contributed by atoms with E-state index in [1.54, 1.807) is 0 Å². The third-order valence-corrected chi connectivity index (χ3v) is 4.87. The van der Waals surface area contributed by atoms with Gasteiger partial charge in [-0.3, -0.25) is 0 Å². The summed E-state index contributed by atoms with van der Waals surface area (Å²) in [6.45, 7) is 7.03. The number of hydrogen-bond donors (Lipinski definition) is 0. The molecule has 1 saturated carbocycles. The topological polar surface area (TPSA) is 0 Å². The third kappa shape index (κ3) is 2.76. The van der Waals surface area contributed by atoms with Crippen LogP contribution in [0, 0.1) is 17.8 Å². The van der Waals surface area contributed by atoms with Crippen LogP contribution in [0.2, 0.25) is 0 Å². The fraction of sp³-hybridized carbons (Fsp3) is 1.00. The van der Waals surface area contributed by atoms with Crippen molar-refractivity contribution < 1.29 is 0 Å². The first-order valence-electron chi connectivity index (χ1n) is 5.25. The van der Waals surface area contributed by atoms with Crippen LogP contribution in [0.1, 0.15) is 46.5 Å². The molecule has 0 heterocycles. The zero-order valence-electron chi connectivity index (χ0n) is 8.52. The van der Waals surface area contributed by atoms with Gasteiger partial charge in [-0.2, -0.15) is 0 Å². The molecule has 1 heteroatoms. The second-order valence-corrected chi connectivity index (χ2v) is 5.78. The summed E-state index contributed by atoms with van der Waals surface area (Å²) in [5.74, 6) is 2.69. The molecule has 3 unspecified atom stereocenters. The van der Waals surface area contributed by atoms with Gasteiger partial charge in [-0.1, -0.05) is 49.5 Å². The Kier molecular flexibility index (Phi) is 4.09. The molecule has 1 fully saturated rings. The Morgan fingerprint density at radius 1 is 1.25 bits per heavy atom. The van der Waals surface area contributed by atoms with E-state index >= 15 is 0 Å². The van der Waals surface area contributed by atoms with Crippen molar-refractivity contribution in [2.75, 3.05) is 0 Å². The van der Waals surface area contributed by atoms with E-state index in [1.165, 1.54) is 25.7 Å². The Labute approximate surface area is 85.3 Å². The van der Waals surface area contributed by atoms with Crippen molar-refractivity contribution >= 4 is 15.9 Å². The second-order valence-electron chi connectivity index (χ2n) is 4.72. The van der Waals surface area contributed by atoms with Crippen molar-refractivity contribution in [3.63, 3.8) is 0 Å². The largest absolute Gasteiger partial charge is 0.0885 e. The predicted octanol–water partition coefficient (Wildman–Crippen LogP) is 4.23. The Morgan fingerprint density at radius 3 is 2.42 bits per heavy atom. The SMILES string of the molecule is CC1CCCC(C(Br)C(C)C)C1. The van der Waals surface area contributed by atoms with E-state index in [2.05, 4.69) is 36.7 Å². The second kappa shape index (κ2) is 4.64. The molecule has 0 saturated heterocycles. The number of hydrogen-bond acceptors (Lipinski definition) is 0. The fourth-order valence-corrected chi connectivity index (χ4v) is 2.79. The summed E-state index contributed by atoms with van der Waals surface area (Å²) in [5, 5.41) is 0. The molecule has 0 spiro atoms. The molecule has 0 aromatic carbocycles. The molecule has 1 aliphatic rings. The fourth-order valence-electron chi connectivity index (χ4n) is 2.31. The van der Waals surface area contributed by atoms with E-state index in [4.69, 9.17) is 0 Å². The van der Waals surface area contributed by atoms with Gasteiger partial charge in [0.25, 0.3) is 0 Å². The Bertz CT molecular complexity index is 131. The van der Waals surface area contributed by atoms with Crippen LogP contribution in [-0.4, -0.2) is 4.83 Å². The van der Waals surface area contributed by atoms with Gasteiger partial charge >= 0.3 is 0 Å². The van der Waals surface area contributed by atoms with Gasteiger partial charge in [0, 0.05) is 4.83 Å². The summed E-state index contributed by atoms with van der Waals surface area (Å²) < 4.78 is 0. The molecule has 72 valence electrons. The summed E-state index contributed by atoms with van der Waals surface area (Å²) in [4.78, 5) is 0.750. The maximum Gasteiger partial charge on any atom is 0.0197 e. The molecule has 1 rings (SSSR count). The standard InChI is InChI=1S/C11H21Br/c1-8(2)11(12)10-6-4-5-9(3)7-10/h8-11H,4-7H2,1-3H3. The van der Waals surface area contributed by atoms with Crippen LogP contribution >= 0.6 is 15.9 Å². The molecule has 0 N–H and O–H groups in total. The minimum Gasteiger partial charge on any atom is -0.0885 e. The normalized spacial score (nSPS) is 33.8. The van der Waals surface area contributed by atoms with Gasteiger partial charge in [-0.25, -0.2) is 0 Å². The lowest BCUT2D eigenvalue weighted by Gasteiger charge is -2.32. The first-order valence-corrected chi connectivity index (χ1v) is 6.17. The maximum atomic E-state index is 3.83. The van der Waals surface area contributed by atoms with Crippen LogP contribution in [0.3, 0.4) is 0 Å². The summed E-state index contributed by atoms with van der Waals surface area (Å²) in [6, 6.07) is 0. The lowest BCUT2D eigenvalue weighted by atomic mass is 9.78. The van der Waals surface area contributed by atoms with Crippen molar-refractivity contribution in [2.24, 2.45) is 17.8 Å². The average molecular weight is 233 g/mol. The molecular formula is C11H21Br. The van der Waals surface area contributed by atoms with Gasteiger partial charge in [-0.15, -0.1) is 0 Å². The van der Waals surface area contributed by atoms with Crippen molar-refractivity contribution in [3.8, 4) is 0 Å². The summed E-state index contributed by atoms with van der Waals surface area (Å²) in [7, 11) is 0. The lowest BCUT2D eigenvalue weighted by Crippen LogP contribution is -2.25. The minimum absolute atomic E-state index is 0.750. The zero-order chi connectivity index (χ0) is 9.14. The molecule has 12 heavy (non-hydrogen) atoms. The summed E-state index contributed by atoms with van der Waals surface area (Å²) >= 11 is 3.83. The lowest BCUT2D eigenvalue weighted by molar-refractivity contribution is 0.259. The number of halogens is 1. The smallest absolute Gasteiger partial charge is 0.0197 e. The van der Waals surface area contributed by atoms with E-state index < -0.39 is 0 Å². The van der Waals surface area contributed by atoms with Gasteiger partial charge in [0.1, 0.15) is 0 Å². The molecule has 0 bridgehead atoms. The highest BCUT2D eigenvalue weighted by Crippen LogP contribution is 2.36. The minimum atomic E-state index is 0.750. The van der Waals surface area contributed by atoms with E-state index in [0.29, 0.717) is 0 Å². The van der Waals surface area contributed by atoms with Gasteiger partial charge < -0.3 is 0 Å². The third-order valence-electron chi connectivity index (χ3n) is 3.06. The van der Waals surface area contributed by atoms with Crippen molar-refractivity contribution in [1.82, 2.24) is 0 Å². The van der Waals surface area contributed by atoms with Crippen LogP contribution in [0.25, 0.3) is 0 Å². The molecule has 0 radical (unpaired) electrons. The highest BCUT2D eigenvalue weighted by molar-refractivity contribution is 9.09. The Morgan fingerprint density at radius 2 is 1.92 bits per heavy atom. The van der Waals surface area contributed by atoms with Gasteiger partial charge in [0.05, 0.1) is 0 Å². The van der Waals surface area contributed by atoms with E-state index in [1.807, 2.05) is 0 Å². The van der Waals surface area contributed by atoms with Crippen LogP contribution in [0.15, 0.2) is 0 Å². The van der Waals surface area contributed by atoms with Crippen LogP contribution < -0.4 is 0 Å². The average Bonchev–Trinajstić information content (AvgIpc) is 2.03. The van der Waals surface area contributed by atoms with Crippen LogP contribution in [0.5, 0.6) is 0 Å². The summed E-state index contributed by atoms with van der Waals surface area (Å²) in [6.07, 6.45) is 5.78.